The highest BCUT2D eigenvalue weighted by molar-refractivity contribution is 7.86. The first kappa shape index (κ1) is 23.9. The quantitative estimate of drug-likeness (QED) is 0.159. The van der Waals surface area contributed by atoms with E-state index in [-0.39, 0.29) is 11.5 Å². The summed E-state index contributed by atoms with van der Waals surface area (Å²) in [6, 6.07) is 36.9. The summed E-state index contributed by atoms with van der Waals surface area (Å²) < 4.78 is 36.9. The lowest BCUT2D eigenvalue weighted by Crippen LogP contribution is -2.33. The maximum Gasteiger partial charge on any atom is 0.296 e. The largest absolute Gasteiger partial charge is 0.361 e. The molecule has 4 nitrogen and oxygen atoms in total. The second-order valence-electron chi connectivity index (χ2n) is 8.07. The fourth-order valence-corrected chi connectivity index (χ4v) is 4.94. The Bertz CT molecular complexity index is 1170. The first-order chi connectivity index (χ1) is 16.5. The number of aryl methyl sites for hydroxylation is 1. The van der Waals surface area contributed by atoms with Crippen molar-refractivity contribution in [3.8, 4) is 0 Å². The second kappa shape index (κ2) is 10.8. The second-order valence-corrected chi connectivity index (χ2v) is 9.69. The third-order valence-electron chi connectivity index (χ3n) is 5.70. The Kier molecular flexibility index (Phi) is 7.58. The molecule has 0 amide bonds. The zero-order valence-electron chi connectivity index (χ0n) is 19.1. The van der Waals surface area contributed by atoms with Crippen molar-refractivity contribution >= 4 is 10.1 Å². The lowest BCUT2D eigenvalue weighted by molar-refractivity contribution is 0.00742. The van der Waals surface area contributed by atoms with Crippen molar-refractivity contribution in [2.24, 2.45) is 0 Å². The fourth-order valence-electron chi connectivity index (χ4n) is 3.99. The third-order valence-corrected chi connectivity index (χ3v) is 7.02. The standard InChI is InChI=1S/C29H28O4S/c1-24-18-20-28(21-19-24)34(30,31)33-23-11-22-32-29(25-12-5-2-6-13-25,26-14-7-3-8-15-26)27-16-9-4-10-17-27/h2-10,12-21H,11,22-23H2,1H3. The van der Waals surface area contributed by atoms with Gasteiger partial charge in [-0.1, -0.05) is 109 Å². The molecule has 0 spiro atoms. The Morgan fingerprint density at radius 3 is 1.50 bits per heavy atom. The first-order valence-corrected chi connectivity index (χ1v) is 12.7. The molecule has 0 aliphatic carbocycles. The van der Waals surface area contributed by atoms with Crippen LogP contribution >= 0.6 is 0 Å². The van der Waals surface area contributed by atoms with Crippen LogP contribution in [0.5, 0.6) is 0 Å². The summed E-state index contributed by atoms with van der Waals surface area (Å²) >= 11 is 0. The molecular weight excluding hydrogens is 444 g/mol. The lowest BCUT2D eigenvalue weighted by atomic mass is 9.80. The minimum atomic E-state index is -3.81. The van der Waals surface area contributed by atoms with E-state index in [2.05, 4.69) is 36.4 Å². The fraction of sp³-hybridized carbons (Fsp3) is 0.172. The van der Waals surface area contributed by atoms with E-state index in [4.69, 9.17) is 8.92 Å². The molecular formula is C29H28O4S. The molecule has 0 heterocycles. The van der Waals surface area contributed by atoms with E-state index in [0.717, 1.165) is 22.3 Å². The zero-order valence-corrected chi connectivity index (χ0v) is 19.9. The van der Waals surface area contributed by atoms with Crippen molar-refractivity contribution in [1.82, 2.24) is 0 Å². The monoisotopic (exact) mass is 472 g/mol. The average molecular weight is 473 g/mol. The van der Waals surface area contributed by atoms with Gasteiger partial charge in [0, 0.05) is 0 Å². The third kappa shape index (κ3) is 5.28. The lowest BCUT2D eigenvalue weighted by Gasteiger charge is -2.36. The van der Waals surface area contributed by atoms with Crippen molar-refractivity contribution < 1.29 is 17.3 Å². The highest BCUT2D eigenvalue weighted by Crippen LogP contribution is 2.40. The van der Waals surface area contributed by atoms with Gasteiger partial charge in [-0.2, -0.15) is 8.42 Å². The van der Waals surface area contributed by atoms with E-state index >= 15 is 0 Å². The summed E-state index contributed by atoms with van der Waals surface area (Å²) in [7, 11) is -3.81. The zero-order chi connectivity index (χ0) is 23.9. The Morgan fingerprint density at radius 2 is 1.06 bits per heavy atom. The molecule has 174 valence electrons. The topological polar surface area (TPSA) is 52.6 Å². The number of benzene rings is 4. The van der Waals surface area contributed by atoms with Crippen LogP contribution in [-0.2, 0) is 24.6 Å². The van der Waals surface area contributed by atoms with E-state index < -0.39 is 15.7 Å². The van der Waals surface area contributed by atoms with Crippen molar-refractivity contribution in [2.75, 3.05) is 13.2 Å². The Balaban J connectivity index is 1.56. The Labute approximate surface area is 201 Å². The van der Waals surface area contributed by atoms with Crippen LogP contribution in [0.4, 0.5) is 0 Å². The Hall–Kier alpha value is -3.25. The molecule has 4 aromatic carbocycles. The molecule has 0 saturated carbocycles. The van der Waals surface area contributed by atoms with Gasteiger partial charge in [0.2, 0.25) is 0 Å². The number of rotatable bonds is 10. The van der Waals surface area contributed by atoms with Crippen LogP contribution in [0.1, 0.15) is 28.7 Å². The highest BCUT2D eigenvalue weighted by atomic mass is 32.2. The van der Waals surface area contributed by atoms with Gasteiger partial charge in [-0.25, -0.2) is 0 Å². The summed E-state index contributed by atoms with van der Waals surface area (Å²) in [4.78, 5) is 0.159. The summed E-state index contributed by atoms with van der Waals surface area (Å²) in [6.07, 6.45) is 0.416. The highest BCUT2D eigenvalue weighted by Gasteiger charge is 2.37. The molecule has 0 fully saturated rings. The normalized spacial score (nSPS) is 11.9. The van der Waals surface area contributed by atoms with Gasteiger partial charge in [-0.05, 0) is 42.2 Å². The van der Waals surface area contributed by atoms with Crippen LogP contribution in [0.3, 0.4) is 0 Å². The summed E-state index contributed by atoms with van der Waals surface area (Å²) in [5, 5.41) is 0. The van der Waals surface area contributed by atoms with E-state index in [0.29, 0.717) is 13.0 Å². The minimum Gasteiger partial charge on any atom is -0.361 e. The SMILES string of the molecule is Cc1ccc(S(=O)(=O)OCCCOC(c2ccccc2)(c2ccccc2)c2ccccc2)cc1. The summed E-state index contributed by atoms with van der Waals surface area (Å²) in [6.45, 7) is 2.25. The van der Waals surface area contributed by atoms with Gasteiger partial charge in [0.1, 0.15) is 5.60 Å². The number of hydrogen-bond acceptors (Lipinski definition) is 4. The smallest absolute Gasteiger partial charge is 0.296 e. The predicted octanol–water partition coefficient (Wildman–Crippen LogP) is 6.10. The van der Waals surface area contributed by atoms with Crippen LogP contribution in [-0.4, -0.2) is 21.6 Å². The molecule has 0 aromatic heterocycles. The molecule has 0 radical (unpaired) electrons. The Morgan fingerprint density at radius 1 is 0.618 bits per heavy atom. The van der Waals surface area contributed by atoms with E-state index in [1.54, 1.807) is 24.3 Å². The summed E-state index contributed by atoms with van der Waals surface area (Å²) in [5.41, 5.74) is 3.16. The van der Waals surface area contributed by atoms with E-state index in [1.165, 1.54) is 0 Å². The van der Waals surface area contributed by atoms with Gasteiger partial charge < -0.3 is 4.74 Å². The molecule has 4 rings (SSSR count). The molecule has 0 unspecified atom stereocenters. The van der Waals surface area contributed by atoms with Gasteiger partial charge in [-0.3, -0.25) is 4.18 Å². The molecule has 0 aliphatic rings. The number of ether oxygens (including phenoxy) is 1. The number of hydrogen-bond donors (Lipinski definition) is 0. The van der Waals surface area contributed by atoms with E-state index in [9.17, 15) is 8.42 Å². The van der Waals surface area contributed by atoms with Gasteiger partial charge in [0.25, 0.3) is 10.1 Å². The molecule has 0 aliphatic heterocycles. The van der Waals surface area contributed by atoms with Gasteiger partial charge >= 0.3 is 0 Å². The molecule has 4 aromatic rings. The van der Waals surface area contributed by atoms with Gasteiger partial charge in [-0.15, -0.1) is 0 Å². The summed E-state index contributed by atoms with van der Waals surface area (Å²) in [5.74, 6) is 0. The van der Waals surface area contributed by atoms with Crippen molar-refractivity contribution in [2.45, 2.75) is 23.8 Å². The molecule has 5 heteroatoms. The molecule has 0 bridgehead atoms. The van der Waals surface area contributed by atoms with Gasteiger partial charge in [0.15, 0.2) is 0 Å². The van der Waals surface area contributed by atoms with Crippen molar-refractivity contribution in [3.05, 3.63) is 138 Å². The molecule has 34 heavy (non-hydrogen) atoms. The van der Waals surface area contributed by atoms with Gasteiger partial charge in [0.05, 0.1) is 18.1 Å². The van der Waals surface area contributed by atoms with Crippen LogP contribution in [0.25, 0.3) is 0 Å². The van der Waals surface area contributed by atoms with Crippen LogP contribution in [0, 0.1) is 6.92 Å². The molecule has 0 saturated heterocycles. The average Bonchev–Trinajstić information content (AvgIpc) is 2.88. The predicted molar refractivity (Wildman–Crippen MR) is 134 cm³/mol. The molecule has 0 atom stereocenters. The maximum atomic E-state index is 12.5. The van der Waals surface area contributed by atoms with Crippen LogP contribution in [0.15, 0.2) is 120 Å². The van der Waals surface area contributed by atoms with Crippen molar-refractivity contribution in [3.63, 3.8) is 0 Å². The first-order valence-electron chi connectivity index (χ1n) is 11.3. The minimum absolute atomic E-state index is 0.0324. The van der Waals surface area contributed by atoms with Crippen LogP contribution in [0.2, 0.25) is 0 Å². The molecule has 0 N–H and O–H groups in total. The maximum absolute atomic E-state index is 12.5. The van der Waals surface area contributed by atoms with Crippen LogP contribution < -0.4 is 0 Å². The van der Waals surface area contributed by atoms with Crippen molar-refractivity contribution in [1.29, 1.82) is 0 Å². The van der Waals surface area contributed by atoms with E-state index in [1.807, 2.05) is 61.5 Å².